The largest absolute Gasteiger partial charge is 0.329 e. The summed E-state index contributed by atoms with van der Waals surface area (Å²) in [5.74, 6) is 0. The summed E-state index contributed by atoms with van der Waals surface area (Å²) >= 11 is 7.44. The van der Waals surface area contributed by atoms with Crippen LogP contribution in [0.1, 0.15) is 22.3 Å². The molecule has 1 heterocycles. The van der Waals surface area contributed by atoms with E-state index in [4.69, 9.17) is 11.6 Å². The number of halogens is 1. The maximum absolute atomic E-state index is 12.5. The fourth-order valence-corrected chi connectivity index (χ4v) is 4.02. The van der Waals surface area contributed by atoms with Gasteiger partial charge in [0, 0.05) is 15.5 Å². The lowest BCUT2D eigenvalue weighted by Crippen LogP contribution is -2.33. The molecule has 6 heteroatoms. The first-order valence-electron chi connectivity index (χ1n) is 8.18. The van der Waals surface area contributed by atoms with Crippen molar-refractivity contribution in [3.63, 3.8) is 0 Å². The van der Waals surface area contributed by atoms with Crippen LogP contribution in [0.5, 0.6) is 0 Å². The van der Waals surface area contributed by atoms with E-state index in [-0.39, 0.29) is 5.56 Å². The quantitative estimate of drug-likeness (QED) is 0.679. The summed E-state index contributed by atoms with van der Waals surface area (Å²) in [6, 6.07) is 13.5. The lowest BCUT2D eigenvalue weighted by atomic mass is 10.1. The number of aromatic nitrogens is 2. The Labute approximate surface area is 160 Å². The van der Waals surface area contributed by atoms with Crippen LogP contribution in [0, 0.1) is 20.8 Å². The molecule has 0 aliphatic rings. The Kier molecular flexibility index (Phi) is 5.39. The fraction of sp³-hybridized carbons (Fsp3) is 0.200. The van der Waals surface area contributed by atoms with Gasteiger partial charge in [-0.1, -0.05) is 53.2 Å². The number of nitrogens with zero attached hydrogens (tertiary/aromatic N) is 1. The second-order valence-corrected chi connectivity index (χ2v) is 7.76. The normalized spacial score (nSPS) is 10.9. The van der Waals surface area contributed by atoms with Crippen LogP contribution in [0.15, 0.2) is 62.0 Å². The predicted octanol–water partition coefficient (Wildman–Crippen LogP) is 4.31. The number of hydrogen-bond donors (Lipinski definition) is 1. The maximum atomic E-state index is 12.5. The maximum Gasteiger partial charge on any atom is 0.329 e. The highest BCUT2D eigenvalue weighted by atomic mass is 35.5. The van der Waals surface area contributed by atoms with E-state index in [0.29, 0.717) is 22.2 Å². The van der Waals surface area contributed by atoms with E-state index in [0.717, 1.165) is 21.6 Å². The first-order chi connectivity index (χ1) is 12.3. The molecule has 2 aromatic carbocycles. The van der Waals surface area contributed by atoms with Crippen LogP contribution in [0.4, 0.5) is 0 Å². The SMILES string of the molecule is Cc1ccc(C)c(Cn2c(Sc3cccc(Cl)c3)c(C)c(=O)[nH]c2=O)c1. The smallest absolute Gasteiger partial charge is 0.283 e. The van der Waals surface area contributed by atoms with E-state index >= 15 is 0 Å². The van der Waals surface area contributed by atoms with Gasteiger partial charge in [-0.15, -0.1) is 0 Å². The van der Waals surface area contributed by atoms with Crippen molar-refractivity contribution in [1.29, 1.82) is 0 Å². The summed E-state index contributed by atoms with van der Waals surface area (Å²) in [4.78, 5) is 28.0. The lowest BCUT2D eigenvalue weighted by molar-refractivity contribution is 0.639. The third kappa shape index (κ3) is 3.94. The number of hydrogen-bond acceptors (Lipinski definition) is 3. The van der Waals surface area contributed by atoms with Crippen LogP contribution in [-0.2, 0) is 6.54 Å². The minimum Gasteiger partial charge on any atom is -0.283 e. The van der Waals surface area contributed by atoms with Crippen molar-refractivity contribution in [1.82, 2.24) is 9.55 Å². The molecule has 0 fully saturated rings. The molecule has 0 aliphatic carbocycles. The minimum atomic E-state index is -0.411. The van der Waals surface area contributed by atoms with Gasteiger partial charge >= 0.3 is 5.69 Å². The van der Waals surface area contributed by atoms with E-state index in [1.54, 1.807) is 17.6 Å². The summed E-state index contributed by atoms with van der Waals surface area (Å²) in [7, 11) is 0. The number of nitrogens with one attached hydrogen (secondary N) is 1. The van der Waals surface area contributed by atoms with Gasteiger partial charge in [-0.05, 0) is 50.1 Å². The first-order valence-corrected chi connectivity index (χ1v) is 9.38. The number of aryl methyl sites for hydroxylation is 2. The lowest BCUT2D eigenvalue weighted by Gasteiger charge is -2.16. The molecule has 134 valence electrons. The van der Waals surface area contributed by atoms with Crippen molar-refractivity contribution >= 4 is 23.4 Å². The molecule has 0 radical (unpaired) electrons. The Morgan fingerprint density at radius 1 is 1.08 bits per heavy atom. The molecule has 0 bridgehead atoms. The van der Waals surface area contributed by atoms with Crippen molar-refractivity contribution in [2.24, 2.45) is 0 Å². The van der Waals surface area contributed by atoms with Crippen LogP contribution < -0.4 is 11.2 Å². The van der Waals surface area contributed by atoms with Crippen molar-refractivity contribution in [2.45, 2.75) is 37.2 Å². The van der Waals surface area contributed by atoms with Gasteiger partial charge < -0.3 is 0 Å². The van der Waals surface area contributed by atoms with Crippen LogP contribution in [0.25, 0.3) is 0 Å². The van der Waals surface area contributed by atoms with Crippen molar-refractivity contribution in [3.05, 3.63) is 90.6 Å². The van der Waals surface area contributed by atoms with Gasteiger partial charge in [0.1, 0.15) is 0 Å². The highest BCUT2D eigenvalue weighted by molar-refractivity contribution is 7.99. The van der Waals surface area contributed by atoms with E-state index in [2.05, 4.69) is 11.1 Å². The van der Waals surface area contributed by atoms with Gasteiger partial charge in [0.15, 0.2) is 0 Å². The molecule has 0 atom stereocenters. The number of aromatic amines is 1. The zero-order chi connectivity index (χ0) is 18.8. The predicted molar refractivity (Wildman–Crippen MR) is 107 cm³/mol. The second kappa shape index (κ2) is 7.56. The Balaban J connectivity index is 2.12. The van der Waals surface area contributed by atoms with Crippen LogP contribution in [0.2, 0.25) is 5.02 Å². The molecular formula is C20H19ClN2O2S. The van der Waals surface area contributed by atoms with Gasteiger partial charge in [0.25, 0.3) is 5.56 Å². The Hall–Kier alpha value is -2.24. The van der Waals surface area contributed by atoms with Gasteiger partial charge in [-0.25, -0.2) is 4.79 Å². The van der Waals surface area contributed by atoms with Crippen LogP contribution in [-0.4, -0.2) is 9.55 Å². The molecule has 0 saturated heterocycles. The zero-order valence-corrected chi connectivity index (χ0v) is 16.4. The van der Waals surface area contributed by atoms with Crippen molar-refractivity contribution in [2.75, 3.05) is 0 Å². The molecular weight excluding hydrogens is 368 g/mol. The first kappa shape index (κ1) is 18.5. The summed E-state index contributed by atoms with van der Waals surface area (Å²) in [5.41, 5.74) is 3.02. The molecule has 3 aromatic rings. The van der Waals surface area contributed by atoms with Gasteiger partial charge in [0.2, 0.25) is 0 Å². The van der Waals surface area contributed by atoms with E-state index in [9.17, 15) is 9.59 Å². The zero-order valence-electron chi connectivity index (χ0n) is 14.8. The molecule has 4 nitrogen and oxygen atoms in total. The third-order valence-electron chi connectivity index (χ3n) is 4.22. The summed E-state index contributed by atoms with van der Waals surface area (Å²) in [6.07, 6.45) is 0. The fourth-order valence-electron chi connectivity index (χ4n) is 2.71. The molecule has 1 N–H and O–H groups in total. The Bertz CT molecular complexity index is 1090. The number of rotatable bonds is 4. The molecule has 0 aliphatic heterocycles. The summed E-state index contributed by atoms with van der Waals surface area (Å²) in [5, 5.41) is 1.24. The van der Waals surface area contributed by atoms with Crippen molar-refractivity contribution < 1.29 is 0 Å². The highest BCUT2D eigenvalue weighted by Gasteiger charge is 2.14. The molecule has 1 aromatic heterocycles. The van der Waals surface area contributed by atoms with Gasteiger partial charge in [-0.3, -0.25) is 14.3 Å². The van der Waals surface area contributed by atoms with Crippen molar-refractivity contribution in [3.8, 4) is 0 Å². The van der Waals surface area contributed by atoms with Gasteiger partial charge in [0.05, 0.1) is 11.6 Å². The average molecular weight is 387 g/mol. The number of H-pyrrole nitrogens is 1. The van der Waals surface area contributed by atoms with Crippen LogP contribution >= 0.6 is 23.4 Å². The van der Waals surface area contributed by atoms with E-state index in [1.165, 1.54) is 11.8 Å². The molecule has 0 spiro atoms. The molecule has 0 unspecified atom stereocenters. The van der Waals surface area contributed by atoms with Gasteiger partial charge in [-0.2, -0.15) is 0 Å². The topological polar surface area (TPSA) is 54.9 Å². The Morgan fingerprint density at radius 3 is 2.58 bits per heavy atom. The summed E-state index contributed by atoms with van der Waals surface area (Å²) in [6.45, 7) is 6.16. The third-order valence-corrected chi connectivity index (χ3v) is 5.66. The molecule has 26 heavy (non-hydrogen) atoms. The summed E-state index contributed by atoms with van der Waals surface area (Å²) < 4.78 is 1.62. The Morgan fingerprint density at radius 2 is 1.85 bits per heavy atom. The average Bonchev–Trinajstić information content (AvgIpc) is 2.59. The van der Waals surface area contributed by atoms with Crippen LogP contribution in [0.3, 0.4) is 0 Å². The molecule has 3 rings (SSSR count). The standard InChI is InChI=1S/C20H19ClN2O2S/c1-12-7-8-13(2)15(9-12)11-23-19(14(3)18(24)22-20(23)25)26-17-6-4-5-16(21)10-17/h4-10H,11H2,1-3H3,(H,22,24,25). The number of benzene rings is 2. The monoisotopic (exact) mass is 386 g/mol. The van der Waals surface area contributed by atoms with E-state index < -0.39 is 5.69 Å². The highest BCUT2D eigenvalue weighted by Crippen LogP contribution is 2.30. The molecule has 0 amide bonds. The second-order valence-electron chi connectivity index (χ2n) is 6.26. The molecule has 0 saturated carbocycles. The van der Waals surface area contributed by atoms with E-state index in [1.807, 2.05) is 44.2 Å². The minimum absolute atomic E-state index is 0.364.